The lowest BCUT2D eigenvalue weighted by Crippen LogP contribution is -2.32. The van der Waals surface area contributed by atoms with Gasteiger partial charge in [-0.2, -0.15) is 5.10 Å². The number of rotatable bonds is 9. The summed E-state index contributed by atoms with van der Waals surface area (Å²) < 4.78 is 11.0. The third-order valence-electron chi connectivity index (χ3n) is 4.71. The highest BCUT2D eigenvalue weighted by molar-refractivity contribution is 6.42. The van der Waals surface area contributed by atoms with E-state index >= 15 is 0 Å². The summed E-state index contributed by atoms with van der Waals surface area (Å²) in [6, 6.07) is 17.6. The van der Waals surface area contributed by atoms with Crippen molar-refractivity contribution in [2.45, 2.75) is 19.8 Å². The van der Waals surface area contributed by atoms with Crippen LogP contribution >= 0.6 is 23.2 Å². The number of nitrogens with zero attached hydrogens (tertiary/aromatic N) is 1. The van der Waals surface area contributed by atoms with E-state index in [1.54, 1.807) is 54.6 Å². The molecule has 0 aliphatic heterocycles. The molecule has 3 rings (SSSR count). The van der Waals surface area contributed by atoms with Crippen molar-refractivity contribution in [2.24, 2.45) is 5.10 Å². The third kappa shape index (κ3) is 8.11. The van der Waals surface area contributed by atoms with Crippen LogP contribution in [0.3, 0.4) is 0 Å². The number of amides is 2. The van der Waals surface area contributed by atoms with Gasteiger partial charge in [0.25, 0.3) is 0 Å². The summed E-state index contributed by atoms with van der Waals surface area (Å²) >= 11 is 11.8. The van der Waals surface area contributed by atoms with E-state index in [0.717, 1.165) is 12.8 Å². The minimum absolute atomic E-state index is 0.203. The molecule has 8 nitrogen and oxygen atoms in total. The number of benzene rings is 3. The number of ether oxygens (including phenoxy) is 2. The average molecular weight is 528 g/mol. The Morgan fingerprint density at radius 3 is 2.31 bits per heavy atom. The van der Waals surface area contributed by atoms with E-state index in [4.69, 9.17) is 32.7 Å². The molecular weight excluding hydrogens is 505 g/mol. The summed E-state index contributed by atoms with van der Waals surface area (Å²) in [6.07, 6.45) is 3.34. The van der Waals surface area contributed by atoms with Gasteiger partial charge in [0, 0.05) is 5.02 Å². The van der Waals surface area contributed by atoms with Crippen molar-refractivity contribution >= 4 is 52.9 Å². The van der Waals surface area contributed by atoms with Gasteiger partial charge in [0.05, 0.1) is 29.1 Å². The molecule has 2 N–H and O–H groups in total. The molecule has 3 aromatic rings. The van der Waals surface area contributed by atoms with Crippen LogP contribution < -0.4 is 20.2 Å². The van der Waals surface area contributed by atoms with Gasteiger partial charge >= 0.3 is 17.8 Å². The molecule has 0 fully saturated rings. The molecule has 0 aromatic heterocycles. The van der Waals surface area contributed by atoms with Crippen LogP contribution in [0.5, 0.6) is 11.5 Å². The van der Waals surface area contributed by atoms with Gasteiger partial charge in [-0.15, -0.1) is 0 Å². The van der Waals surface area contributed by atoms with Crippen molar-refractivity contribution in [3.63, 3.8) is 0 Å². The second kappa shape index (κ2) is 13.3. The quantitative estimate of drug-likeness (QED) is 0.0956. The second-order valence-electron chi connectivity index (χ2n) is 7.46. The molecule has 3 aromatic carbocycles. The molecule has 0 spiro atoms. The Labute approximate surface area is 218 Å². The van der Waals surface area contributed by atoms with E-state index in [-0.39, 0.29) is 10.7 Å². The Balaban J connectivity index is 1.48. The van der Waals surface area contributed by atoms with Gasteiger partial charge in [-0.1, -0.05) is 36.5 Å². The Hall–Kier alpha value is -3.88. The summed E-state index contributed by atoms with van der Waals surface area (Å²) in [7, 11) is 0. The lowest BCUT2D eigenvalue weighted by molar-refractivity contribution is -0.136. The highest BCUT2D eigenvalue weighted by Gasteiger charge is 2.15. The van der Waals surface area contributed by atoms with E-state index in [0.29, 0.717) is 34.3 Å². The van der Waals surface area contributed by atoms with E-state index in [1.165, 1.54) is 18.3 Å². The minimum atomic E-state index is -0.991. The fraction of sp³-hybridized carbons (Fsp3) is 0.154. The van der Waals surface area contributed by atoms with Crippen molar-refractivity contribution < 1.29 is 23.9 Å². The number of hydrazone groups is 1. The number of anilines is 1. The standard InChI is InChI=1S/C26H23Cl2N3O5/c1-2-3-14-35-20-11-6-18(7-12-20)26(34)36-21-9-4-17(5-10-21)16-29-31-25(33)24(32)30-23-15-19(27)8-13-22(23)28/h4-13,15-16H,2-3,14H2,1H3,(H,30,32)(H,31,33)/b29-16+. The molecule has 36 heavy (non-hydrogen) atoms. The zero-order chi connectivity index (χ0) is 25.9. The molecule has 0 aliphatic rings. The van der Waals surface area contributed by atoms with E-state index < -0.39 is 17.8 Å². The monoisotopic (exact) mass is 527 g/mol. The third-order valence-corrected chi connectivity index (χ3v) is 5.27. The number of unbranched alkanes of at least 4 members (excludes halogenated alkanes) is 1. The highest BCUT2D eigenvalue weighted by atomic mass is 35.5. The van der Waals surface area contributed by atoms with Crippen LogP contribution in [0.4, 0.5) is 5.69 Å². The fourth-order valence-electron chi connectivity index (χ4n) is 2.80. The summed E-state index contributed by atoms with van der Waals surface area (Å²) in [5.41, 5.74) is 3.32. The first-order chi connectivity index (χ1) is 17.4. The van der Waals surface area contributed by atoms with Gasteiger partial charge in [0.15, 0.2) is 0 Å². The zero-order valence-electron chi connectivity index (χ0n) is 19.3. The van der Waals surface area contributed by atoms with Crippen molar-refractivity contribution in [1.82, 2.24) is 5.43 Å². The average Bonchev–Trinajstić information content (AvgIpc) is 2.87. The summed E-state index contributed by atoms with van der Waals surface area (Å²) in [5, 5.41) is 6.70. The Bertz CT molecular complexity index is 1250. The first-order valence-electron chi connectivity index (χ1n) is 11.0. The molecule has 10 heteroatoms. The summed E-state index contributed by atoms with van der Waals surface area (Å²) in [6.45, 7) is 2.71. The van der Waals surface area contributed by atoms with Gasteiger partial charge in [0.1, 0.15) is 11.5 Å². The van der Waals surface area contributed by atoms with Crippen molar-refractivity contribution in [2.75, 3.05) is 11.9 Å². The van der Waals surface area contributed by atoms with Crippen LogP contribution in [-0.2, 0) is 9.59 Å². The molecule has 0 radical (unpaired) electrons. The van der Waals surface area contributed by atoms with Gasteiger partial charge < -0.3 is 14.8 Å². The lowest BCUT2D eigenvalue weighted by atomic mass is 10.2. The molecule has 0 saturated heterocycles. The van der Waals surface area contributed by atoms with Crippen molar-refractivity contribution in [1.29, 1.82) is 0 Å². The van der Waals surface area contributed by atoms with Crippen LogP contribution in [0, 0.1) is 0 Å². The van der Waals surface area contributed by atoms with Crippen LogP contribution in [0.15, 0.2) is 71.8 Å². The van der Waals surface area contributed by atoms with Gasteiger partial charge in [-0.05, 0) is 78.7 Å². The fourth-order valence-corrected chi connectivity index (χ4v) is 3.13. The number of carbonyl (C=O) groups is 3. The first-order valence-corrected chi connectivity index (χ1v) is 11.8. The summed E-state index contributed by atoms with van der Waals surface area (Å²) in [5.74, 6) is -1.42. The molecule has 0 atom stereocenters. The molecule has 0 heterocycles. The maximum absolute atomic E-state index is 12.4. The second-order valence-corrected chi connectivity index (χ2v) is 8.31. The smallest absolute Gasteiger partial charge is 0.343 e. The number of carbonyl (C=O) groups excluding carboxylic acids is 3. The van der Waals surface area contributed by atoms with Crippen molar-refractivity contribution in [3.05, 3.63) is 87.9 Å². The normalized spacial score (nSPS) is 10.6. The molecule has 2 amide bonds. The molecule has 0 bridgehead atoms. The Morgan fingerprint density at radius 1 is 0.917 bits per heavy atom. The zero-order valence-corrected chi connectivity index (χ0v) is 20.8. The lowest BCUT2D eigenvalue weighted by Gasteiger charge is -2.07. The molecule has 0 aliphatic carbocycles. The number of halogens is 2. The number of hydrogen-bond donors (Lipinski definition) is 2. The molecule has 186 valence electrons. The highest BCUT2D eigenvalue weighted by Crippen LogP contribution is 2.25. The number of esters is 1. The van der Waals surface area contributed by atoms with Crippen molar-refractivity contribution in [3.8, 4) is 11.5 Å². The molecular formula is C26H23Cl2N3O5. The maximum atomic E-state index is 12.4. The largest absolute Gasteiger partial charge is 0.494 e. The Morgan fingerprint density at radius 2 is 1.61 bits per heavy atom. The first kappa shape index (κ1) is 26.7. The predicted molar refractivity (Wildman–Crippen MR) is 139 cm³/mol. The van der Waals surface area contributed by atoms with Gasteiger partial charge in [0.2, 0.25) is 0 Å². The maximum Gasteiger partial charge on any atom is 0.343 e. The van der Waals surface area contributed by atoms with Crippen LogP contribution in [0.1, 0.15) is 35.7 Å². The van der Waals surface area contributed by atoms with E-state index in [2.05, 4.69) is 22.8 Å². The SMILES string of the molecule is CCCCOc1ccc(C(=O)Oc2ccc(/C=N/NC(=O)C(=O)Nc3cc(Cl)ccc3Cl)cc2)cc1. The predicted octanol–water partition coefficient (Wildman–Crippen LogP) is 5.48. The van der Waals surface area contributed by atoms with Crippen LogP contribution in [-0.4, -0.2) is 30.6 Å². The summed E-state index contributed by atoms with van der Waals surface area (Å²) in [4.78, 5) is 36.3. The van der Waals surface area contributed by atoms with Gasteiger partial charge in [-0.3, -0.25) is 9.59 Å². The molecule has 0 unspecified atom stereocenters. The number of nitrogens with one attached hydrogen (secondary N) is 2. The van der Waals surface area contributed by atoms with E-state index in [1.807, 2.05) is 0 Å². The topological polar surface area (TPSA) is 106 Å². The Kier molecular flexibility index (Phi) is 9.85. The van der Waals surface area contributed by atoms with E-state index in [9.17, 15) is 14.4 Å². The number of hydrogen-bond acceptors (Lipinski definition) is 6. The minimum Gasteiger partial charge on any atom is -0.494 e. The van der Waals surface area contributed by atoms with Crippen LogP contribution in [0.25, 0.3) is 0 Å². The van der Waals surface area contributed by atoms with Gasteiger partial charge in [-0.25, -0.2) is 10.2 Å². The van der Waals surface area contributed by atoms with Crippen LogP contribution in [0.2, 0.25) is 10.0 Å². The molecule has 0 saturated carbocycles.